The van der Waals surface area contributed by atoms with Crippen molar-refractivity contribution in [3.05, 3.63) is 34.6 Å². The summed E-state index contributed by atoms with van der Waals surface area (Å²) < 4.78 is 13.3. The van der Waals surface area contributed by atoms with Crippen LogP contribution in [-0.2, 0) is 6.54 Å². The van der Waals surface area contributed by atoms with Crippen LogP contribution in [0.25, 0.3) is 0 Å². The molecular weight excluding hydrogens is 251 g/mol. The van der Waals surface area contributed by atoms with Gasteiger partial charge in [0.1, 0.15) is 5.82 Å². The number of benzene rings is 1. The summed E-state index contributed by atoms with van der Waals surface area (Å²) in [7, 11) is 0. The van der Waals surface area contributed by atoms with Gasteiger partial charge in [0, 0.05) is 17.6 Å². The highest BCUT2D eigenvalue weighted by Gasteiger charge is 2.20. The van der Waals surface area contributed by atoms with Gasteiger partial charge in [-0.05, 0) is 56.2 Å². The fourth-order valence-corrected chi connectivity index (χ4v) is 2.73. The molecule has 0 atom stereocenters. The van der Waals surface area contributed by atoms with Crippen LogP contribution < -0.4 is 5.32 Å². The molecule has 4 heteroatoms. The van der Waals surface area contributed by atoms with E-state index in [1.165, 1.54) is 6.07 Å². The number of hydrogen-bond donors (Lipinski definition) is 1. The normalized spacial score (nSPS) is 17.3. The van der Waals surface area contributed by atoms with Gasteiger partial charge in [0.25, 0.3) is 0 Å². The first-order valence-electron chi connectivity index (χ1n) is 6.59. The second-order valence-electron chi connectivity index (χ2n) is 4.78. The van der Waals surface area contributed by atoms with E-state index in [4.69, 9.17) is 11.6 Å². The monoisotopic (exact) mass is 270 g/mol. The van der Waals surface area contributed by atoms with Crippen LogP contribution in [0, 0.1) is 5.82 Å². The van der Waals surface area contributed by atoms with E-state index in [2.05, 4.69) is 17.1 Å². The lowest BCUT2D eigenvalue weighted by Crippen LogP contribution is -2.42. The predicted octanol–water partition coefficient (Wildman–Crippen LogP) is 3.05. The molecular formula is C14H20ClFN2. The van der Waals surface area contributed by atoms with Gasteiger partial charge in [-0.25, -0.2) is 4.39 Å². The smallest absolute Gasteiger partial charge is 0.123 e. The molecule has 2 nitrogen and oxygen atoms in total. The Labute approximate surface area is 113 Å². The van der Waals surface area contributed by atoms with Crippen LogP contribution in [0.15, 0.2) is 18.2 Å². The Balaban J connectivity index is 2.06. The van der Waals surface area contributed by atoms with E-state index in [9.17, 15) is 4.39 Å². The first-order valence-corrected chi connectivity index (χ1v) is 6.97. The molecule has 2 rings (SSSR count). The van der Waals surface area contributed by atoms with Crippen LogP contribution in [0.4, 0.5) is 4.39 Å². The molecule has 1 N–H and O–H groups in total. The number of nitrogens with zero attached hydrogens (tertiary/aromatic N) is 1. The van der Waals surface area contributed by atoms with Crippen molar-refractivity contribution in [2.24, 2.45) is 0 Å². The van der Waals surface area contributed by atoms with Crippen molar-refractivity contribution >= 4 is 11.6 Å². The van der Waals surface area contributed by atoms with Crippen molar-refractivity contribution in [2.75, 3.05) is 19.6 Å². The lowest BCUT2D eigenvalue weighted by molar-refractivity contribution is 0.162. The van der Waals surface area contributed by atoms with Crippen LogP contribution in [0.1, 0.15) is 25.3 Å². The summed E-state index contributed by atoms with van der Waals surface area (Å²) in [6.45, 7) is 5.99. The van der Waals surface area contributed by atoms with E-state index >= 15 is 0 Å². The Kier molecular flexibility index (Phi) is 4.98. The van der Waals surface area contributed by atoms with Crippen molar-refractivity contribution in [3.63, 3.8) is 0 Å². The maximum absolute atomic E-state index is 13.3. The van der Waals surface area contributed by atoms with E-state index in [1.807, 2.05) is 0 Å². The van der Waals surface area contributed by atoms with Crippen molar-refractivity contribution < 1.29 is 4.39 Å². The maximum atomic E-state index is 13.3. The summed E-state index contributed by atoms with van der Waals surface area (Å²) in [5, 5.41) is 4.02. The Morgan fingerprint density at radius 3 is 2.78 bits per heavy atom. The van der Waals surface area contributed by atoms with Crippen LogP contribution >= 0.6 is 11.6 Å². The van der Waals surface area contributed by atoms with E-state index < -0.39 is 0 Å². The molecule has 1 aliphatic heterocycles. The van der Waals surface area contributed by atoms with Crippen LogP contribution in [0.2, 0.25) is 5.02 Å². The van der Waals surface area contributed by atoms with Crippen LogP contribution in [0.5, 0.6) is 0 Å². The predicted molar refractivity (Wildman–Crippen MR) is 73.4 cm³/mol. The Morgan fingerprint density at radius 1 is 1.39 bits per heavy atom. The summed E-state index contributed by atoms with van der Waals surface area (Å²) in [5.74, 6) is -0.212. The van der Waals surface area contributed by atoms with Gasteiger partial charge in [-0.1, -0.05) is 18.5 Å². The van der Waals surface area contributed by atoms with Gasteiger partial charge in [-0.15, -0.1) is 0 Å². The van der Waals surface area contributed by atoms with Gasteiger partial charge in [0.2, 0.25) is 0 Å². The minimum atomic E-state index is -0.212. The lowest BCUT2D eigenvalue weighted by atomic mass is 10.0. The van der Waals surface area contributed by atoms with Crippen molar-refractivity contribution in [1.82, 2.24) is 10.2 Å². The minimum absolute atomic E-state index is 0.212. The topological polar surface area (TPSA) is 15.3 Å². The van der Waals surface area contributed by atoms with E-state index in [1.54, 1.807) is 12.1 Å². The van der Waals surface area contributed by atoms with E-state index in [0.717, 1.165) is 44.6 Å². The van der Waals surface area contributed by atoms with Crippen LogP contribution in [0.3, 0.4) is 0 Å². The molecule has 100 valence electrons. The van der Waals surface area contributed by atoms with Crippen molar-refractivity contribution in [2.45, 2.75) is 32.4 Å². The zero-order chi connectivity index (χ0) is 13.0. The van der Waals surface area contributed by atoms with Crippen molar-refractivity contribution in [1.29, 1.82) is 0 Å². The summed E-state index contributed by atoms with van der Waals surface area (Å²) in [4.78, 5) is 2.39. The maximum Gasteiger partial charge on any atom is 0.123 e. The number of piperidine rings is 1. The van der Waals surface area contributed by atoms with Crippen molar-refractivity contribution in [3.8, 4) is 0 Å². The molecule has 18 heavy (non-hydrogen) atoms. The molecule has 0 aromatic heterocycles. The molecule has 0 amide bonds. The summed E-state index contributed by atoms with van der Waals surface area (Å²) in [5.41, 5.74) is 0.886. The molecule has 1 aliphatic rings. The molecule has 0 saturated carbocycles. The van der Waals surface area contributed by atoms with Gasteiger partial charge in [-0.2, -0.15) is 0 Å². The summed E-state index contributed by atoms with van der Waals surface area (Å²) in [6.07, 6.45) is 2.31. The van der Waals surface area contributed by atoms with Gasteiger partial charge in [-0.3, -0.25) is 4.90 Å². The van der Waals surface area contributed by atoms with Gasteiger partial charge < -0.3 is 5.32 Å². The van der Waals surface area contributed by atoms with Crippen LogP contribution in [-0.4, -0.2) is 30.6 Å². The first kappa shape index (κ1) is 13.8. The molecule has 1 fully saturated rings. The Hall–Kier alpha value is -0.640. The standard InChI is InChI=1S/C14H20ClFN2/c1-2-18(13-5-7-17-8-6-13)10-11-9-12(16)3-4-14(11)15/h3-4,9,13,17H,2,5-8,10H2,1H3. The zero-order valence-electron chi connectivity index (χ0n) is 10.8. The Bertz CT molecular complexity index is 391. The average molecular weight is 271 g/mol. The minimum Gasteiger partial charge on any atom is -0.317 e. The Morgan fingerprint density at radius 2 is 2.11 bits per heavy atom. The highest BCUT2D eigenvalue weighted by molar-refractivity contribution is 6.31. The third-order valence-electron chi connectivity index (χ3n) is 3.61. The molecule has 1 aromatic carbocycles. The molecule has 1 aromatic rings. The average Bonchev–Trinajstić information content (AvgIpc) is 2.41. The second kappa shape index (κ2) is 6.50. The van der Waals surface area contributed by atoms with Gasteiger partial charge in [0.05, 0.1) is 0 Å². The molecule has 0 unspecified atom stereocenters. The summed E-state index contributed by atoms with van der Waals surface area (Å²) >= 11 is 6.13. The number of nitrogens with one attached hydrogen (secondary N) is 1. The van der Waals surface area contributed by atoms with E-state index in [-0.39, 0.29) is 5.82 Å². The highest BCUT2D eigenvalue weighted by atomic mass is 35.5. The second-order valence-corrected chi connectivity index (χ2v) is 5.19. The number of halogens is 2. The molecule has 0 spiro atoms. The lowest BCUT2D eigenvalue weighted by Gasteiger charge is -2.34. The highest BCUT2D eigenvalue weighted by Crippen LogP contribution is 2.21. The fourth-order valence-electron chi connectivity index (χ4n) is 2.55. The first-order chi connectivity index (χ1) is 8.70. The quantitative estimate of drug-likeness (QED) is 0.905. The SMILES string of the molecule is CCN(Cc1cc(F)ccc1Cl)C1CCNCC1. The van der Waals surface area contributed by atoms with Gasteiger partial charge >= 0.3 is 0 Å². The molecule has 0 radical (unpaired) electrons. The molecule has 0 bridgehead atoms. The van der Waals surface area contributed by atoms with Gasteiger partial charge in [0.15, 0.2) is 0 Å². The number of hydrogen-bond acceptors (Lipinski definition) is 2. The largest absolute Gasteiger partial charge is 0.317 e. The number of rotatable bonds is 4. The molecule has 1 heterocycles. The third-order valence-corrected chi connectivity index (χ3v) is 3.98. The zero-order valence-corrected chi connectivity index (χ0v) is 11.5. The third kappa shape index (κ3) is 3.44. The summed E-state index contributed by atoms with van der Waals surface area (Å²) in [6, 6.07) is 5.18. The molecule has 0 aliphatic carbocycles. The fraction of sp³-hybridized carbons (Fsp3) is 0.571. The van der Waals surface area contributed by atoms with E-state index in [0.29, 0.717) is 11.1 Å². The molecule has 1 saturated heterocycles.